The van der Waals surface area contributed by atoms with E-state index in [4.69, 9.17) is 40.5 Å². The third kappa shape index (κ3) is 394. The van der Waals surface area contributed by atoms with Crippen LogP contribution in [0.2, 0.25) is 0 Å². The van der Waals surface area contributed by atoms with Gasteiger partial charge in [0.05, 0.1) is 0 Å². The quantitative estimate of drug-likeness (QED) is 0.167. The summed E-state index contributed by atoms with van der Waals surface area (Å²) < 4.78 is 98.4. The molecule has 0 aromatic heterocycles. The molecule has 0 spiro atoms. The molecule has 0 aliphatic rings. The number of hydrogen-bond donors (Lipinski definition) is 4. The van der Waals surface area contributed by atoms with Gasteiger partial charge in [-0.2, -0.15) is 0 Å². The van der Waals surface area contributed by atoms with Gasteiger partial charge in [-0.15, -0.1) is 0 Å². The fourth-order valence-corrected chi connectivity index (χ4v) is 0. The number of hydrogen-bond acceptors (Lipinski definition) is 8. The maximum absolute atomic E-state index is 8.73. The van der Waals surface area contributed by atoms with E-state index in [0.29, 0.717) is 0 Å². The van der Waals surface area contributed by atoms with Crippen LogP contribution in [-0.2, 0) is 101 Å². The second-order valence-corrected chi connectivity index (χ2v) is 7.79. The topological polar surface area (TPSA) is 217 Å². The fourth-order valence-electron chi connectivity index (χ4n) is 0. The van der Waals surface area contributed by atoms with Gasteiger partial charge in [0, 0.05) is 0 Å². The Morgan fingerprint density at radius 3 is 0.421 bits per heavy atom. The van der Waals surface area contributed by atoms with Crippen molar-refractivity contribution in [2.45, 2.75) is 0 Å². The van der Waals surface area contributed by atoms with Crippen LogP contribution < -0.4 is 0 Å². The molecule has 0 saturated heterocycles. The van der Waals surface area contributed by atoms with Crippen molar-refractivity contribution in [3.63, 3.8) is 0 Å². The molecular weight excluding hydrogens is 1210 g/mol. The van der Waals surface area contributed by atoms with Crippen molar-refractivity contribution >= 4 is 121 Å². The molecule has 108 valence electrons. The van der Waals surface area contributed by atoms with E-state index in [0.717, 1.165) is 0 Å². The second kappa shape index (κ2) is 38.6. The molecule has 0 aliphatic carbocycles. The van der Waals surface area contributed by atoms with Crippen molar-refractivity contribution in [2.24, 2.45) is 0 Å². The van der Waals surface area contributed by atoms with Crippen molar-refractivity contribution in [3.05, 3.63) is 0 Å². The Bertz CT molecular complexity index is 301. The Balaban J connectivity index is -0.0000000192. The van der Waals surface area contributed by atoms with E-state index in [-0.39, 0.29) is 121 Å². The van der Waals surface area contributed by atoms with Crippen LogP contribution in [0.15, 0.2) is 0 Å². The zero-order valence-electron chi connectivity index (χ0n) is 6.84. The molecule has 0 unspecified atom stereocenters. The molecule has 0 amide bonds. The van der Waals surface area contributed by atoms with Gasteiger partial charge in [0.25, 0.3) is 0 Å². The summed E-state index contributed by atoms with van der Waals surface area (Å²) in [6.07, 6.45) is 0. The second-order valence-electron chi connectivity index (χ2n) is 0.951. The zero-order valence-corrected chi connectivity index (χ0v) is 19.7. The van der Waals surface area contributed by atoms with Crippen LogP contribution in [0.5, 0.6) is 0 Å². The van der Waals surface area contributed by atoms with Crippen molar-refractivity contribution in [2.75, 3.05) is 0 Å². The minimum atomic E-state index is -4.09. The van der Waals surface area contributed by atoms with Gasteiger partial charge >= 0.3 is 236 Å². The summed E-state index contributed by atoms with van der Waals surface area (Å²) in [5.74, 6) is 0. The molecule has 0 atom stereocenters. The Morgan fingerprint density at radius 2 is 0.421 bits per heavy atom. The van der Waals surface area contributed by atoms with E-state index in [9.17, 15) is 0 Å². The first-order valence-corrected chi connectivity index (χ1v) is 18.5. The van der Waals surface area contributed by atoms with Crippen molar-refractivity contribution < 1.29 is 116 Å². The Hall–Kier alpha value is 5.11. The summed E-state index contributed by atoms with van der Waals surface area (Å²) in [5, 5.41) is 0. The molecule has 0 aromatic carbocycles. The molecule has 12 nitrogen and oxygen atoms in total. The first-order valence-electron chi connectivity index (χ1n) is 2.26. The first kappa shape index (κ1) is 44.0. The molecule has 0 bridgehead atoms. The van der Waals surface area contributed by atoms with Gasteiger partial charge in [-0.05, 0) is 0 Å². The normalized spacial score (nSPS) is 5.26. The van der Waals surface area contributed by atoms with Crippen molar-refractivity contribution in [1.29, 1.82) is 0 Å². The van der Waals surface area contributed by atoms with Gasteiger partial charge in [-0.1, -0.05) is 0 Å². The molecule has 0 radical (unpaired) electrons. The average molecular weight is 1220 g/mol. The molecule has 0 fully saturated rings. The van der Waals surface area contributed by atoms with Gasteiger partial charge in [-0.25, -0.2) is 0 Å². The van der Waals surface area contributed by atoms with Crippen LogP contribution in [0.3, 0.4) is 0 Å². The molecule has 0 saturated carbocycles. The van der Waals surface area contributed by atoms with Crippen LogP contribution in [0.25, 0.3) is 0 Å². The van der Waals surface area contributed by atoms with Crippen LogP contribution in [0, 0.1) is 0 Å². The molecular formula is H10Ba2MgO12Ta4. The minimum absolute atomic E-state index is 0. The maximum atomic E-state index is 8.73. The summed E-state index contributed by atoms with van der Waals surface area (Å²) in [6.45, 7) is 0. The Labute approximate surface area is 229 Å². The predicted molar refractivity (Wildman–Crippen MR) is 40.0 cm³/mol. The van der Waals surface area contributed by atoms with E-state index < -0.39 is 75.1 Å². The average Bonchev–Trinajstić information content (AvgIpc) is 1.76. The first-order chi connectivity index (χ1) is 6.93. The van der Waals surface area contributed by atoms with Gasteiger partial charge in [0.2, 0.25) is 0 Å². The van der Waals surface area contributed by atoms with Crippen LogP contribution >= 0.6 is 0 Å². The van der Waals surface area contributed by atoms with E-state index in [1.807, 2.05) is 0 Å². The molecule has 19 heteroatoms. The molecule has 0 aromatic rings. The standard InChI is InChI=1S/2Ba.Mg.4H2O.8O.4Ta.6H/h;;;4*1H2;;;;;;;;;;;;;;;;;;/q;;;;;;;;;;;;;;;4*+1;;;;;;/p-4. The summed E-state index contributed by atoms with van der Waals surface area (Å²) in [7, 11) is 0. The van der Waals surface area contributed by atoms with Gasteiger partial charge in [-0.3, -0.25) is 0 Å². The zero-order chi connectivity index (χ0) is 14.3. The fraction of sp³-hybridized carbons (Fsp3) is 0. The molecule has 19 heavy (non-hydrogen) atoms. The molecule has 4 N–H and O–H groups in total. The van der Waals surface area contributed by atoms with Gasteiger partial charge in [0.1, 0.15) is 0 Å². The molecule has 0 aliphatic heterocycles. The number of rotatable bonds is 0. The van der Waals surface area contributed by atoms with Crippen molar-refractivity contribution in [1.82, 2.24) is 0 Å². The summed E-state index contributed by atoms with van der Waals surface area (Å²) >= 11 is -16.4. The Morgan fingerprint density at radius 1 is 0.421 bits per heavy atom. The third-order valence-electron chi connectivity index (χ3n) is 0. The van der Waals surface area contributed by atoms with Crippen LogP contribution in [0.4, 0.5) is 0 Å². The van der Waals surface area contributed by atoms with Crippen LogP contribution in [0.1, 0.15) is 0 Å². The van der Waals surface area contributed by atoms with E-state index >= 15 is 0 Å². The van der Waals surface area contributed by atoms with Crippen molar-refractivity contribution in [3.8, 4) is 0 Å². The van der Waals surface area contributed by atoms with E-state index in [1.54, 1.807) is 0 Å². The van der Waals surface area contributed by atoms with E-state index in [1.165, 1.54) is 0 Å². The predicted octanol–water partition coefficient (Wildman–Crippen LogP) is -5.94. The SMILES string of the molecule is [BaH2].[BaH2].[MgH2].[O]=[Ta](=[O])[OH].[O]=[Ta](=[O])[OH].[O]=[Ta](=[O])[OH].[O]=[Ta](=[O])[OH]. The summed E-state index contributed by atoms with van der Waals surface area (Å²) in [4.78, 5) is 0. The summed E-state index contributed by atoms with van der Waals surface area (Å²) in [6, 6.07) is 0. The van der Waals surface area contributed by atoms with Crippen LogP contribution in [-0.4, -0.2) is 135 Å². The molecule has 0 heterocycles. The van der Waals surface area contributed by atoms with Gasteiger partial charge in [0.15, 0.2) is 0 Å². The van der Waals surface area contributed by atoms with E-state index in [2.05, 4.69) is 0 Å². The monoisotopic (exact) mass is 1230 g/mol. The summed E-state index contributed by atoms with van der Waals surface area (Å²) in [5.41, 5.74) is 0. The van der Waals surface area contributed by atoms with Gasteiger partial charge < -0.3 is 0 Å². The Kier molecular flexibility index (Phi) is 89.3. The third-order valence-corrected chi connectivity index (χ3v) is 0. The molecule has 0 rings (SSSR count).